The Morgan fingerprint density at radius 2 is 2.15 bits per heavy atom. The number of azo groups is 1. The van der Waals surface area contributed by atoms with Crippen LogP contribution in [0, 0.1) is 5.82 Å². The quantitative estimate of drug-likeness (QED) is 0.548. The van der Waals surface area contributed by atoms with E-state index < -0.39 is 17.6 Å². The first-order valence-electron chi connectivity index (χ1n) is 10.2. The topological polar surface area (TPSA) is 106 Å². The first-order chi connectivity index (χ1) is 15.9. The van der Waals surface area contributed by atoms with Gasteiger partial charge in [-0.05, 0) is 30.7 Å². The highest BCUT2D eigenvalue weighted by molar-refractivity contribution is 7.13. The van der Waals surface area contributed by atoms with E-state index in [-0.39, 0.29) is 30.1 Å². The Morgan fingerprint density at radius 1 is 1.30 bits per heavy atom. The molecule has 0 aliphatic carbocycles. The molecule has 2 aliphatic rings. The van der Waals surface area contributed by atoms with Crippen molar-refractivity contribution in [3.8, 4) is 10.8 Å². The summed E-state index contributed by atoms with van der Waals surface area (Å²) in [6.45, 7) is 6.19. The molecule has 0 spiro atoms. The molecule has 166 valence electrons. The fourth-order valence-corrected chi connectivity index (χ4v) is 4.56. The van der Waals surface area contributed by atoms with Gasteiger partial charge in [0.05, 0.1) is 23.8 Å². The second-order valence-electron chi connectivity index (χ2n) is 7.84. The van der Waals surface area contributed by atoms with Crippen LogP contribution in [0.25, 0.3) is 10.8 Å². The number of carbonyl (C=O) groups excluding carboxylic acids is 2. The minimum atomic E-state index is -0.606. The number of amides is 2. The largest absolute Gasteiger partial charge is 0.329 e. The van der Waals surface area contributed by atoms with Crippen LogP contribution in [0.5, 0.6) is 0 Å². The Bertz CT molecular complexity index is 1340. The summed E-state index contributed by atoms with van der Waals surface area (Å²) >= 11 is 1.47. The maximum Gasteiger partial charge on any atom is 0.294 e. The molecule has 1 unspecified atom stereocenters. The number of allylic oxidation sites excluding steroid dienone is 1. The molecule has 9 nitrogen and oxygen atoms in total. The van der Waals surface area contributed by atoms with Crippen molar-refractivity contribution in [2.75, 3.05) is 6.54 Å². The van der Waals surface area contributed by atoms with E-state index in [2.05, 4.69) is 32.0 Å². The summed E-state index contributed by atoms with van der Waals surface area (Å²) in [5.74, 6) is -0.225. The van der Waals surface area contributed by atoms with Gasteiger partial charge in [0.1, 0.15) is 5.82 Å². The molecule has 2 aromatic heterocycles. The second-order valence-corrected chi connectivity index (χ2v) is 8.73. The zero-order valence-corrected chi connectivity index (χ0v) is 18.4. The highest BCUT2D eigenvalue weighted by Crippen LogP contribution is 2.29. The van der Waals surface area contributed by atoms with Crippen LogP contribution in [0.15, 0.2) is 63.9 Å². The van der Waals surface area contributed by atoms with Crippen LogP contribution in [0.4, 0.5) is 4.39 Å². The first kappa shape index (κ1) is 21.0. The van der Waals surface area contributed by atoms with Crippen molar-refractivity contribution in [3.05, 3.63) is 76.5 Å². The van der Waals surface area contributed by atoms with E-state index in [1.807, 2.05) is 16.9 Å². The highest BCUT2D eigenvalue weighted by Gasteiger charge is 2.31. The minimum Gasteiger partial charge on any atom is -0.329 e. The SMILES string of the molecule is C=C1C=C(Cc2ccc(F)c(C(=O)N3Cc4nnc(-c5nccs5)n4C(C)C3)c2)N=NC1=O. The lowest BCUT2D eigenvalue weighted by Crippen LogP contribution is -2.40. The van der Waals surface area contributed by atoms with Crippen molar-refractivity contribution in [1.29, 1.82) is 0 Å². The molecule has 0 bridgehead atoms. The zero-order chi connectivity index (χ0) is 23.1. The number of thiazole rings is 1. The summed E-state index contributed by atoms with van der Waals surface area (Å²) in [4.78, 5) is 30.5. The predicted octanol–water partition coefficient (Wildman–Crippen LogP) is 3.73. The van der Waals surface area contributed by atoms with Crippen LogP contribution in [-0.2, 0) is 17.8 Å². The third kappa shape index (κ3) is 3.91. The number of aromatic nitrogens is 4. The number of hydrogen-bond donors (Lipinski definition) is 0. The molecular formula is C22H18FN7O2S. The van der Waals surface area contributed by atoms with Gasteiger partial charge in [-0.15, -0.1) is 26.6 Å². The Balaban J connectivity index is 1.38. The number of halogens is 1. The molecule has 2 amide bonds. The maximum absolute atomic E-state index is 14.6. The summed E-state index contributed by atoms with van der Waals surface area (Å²) < 4.78 is 16.6. The highest BCUT2D eigenvalue weighted by atomic mass is 32.1. The normalized spacial score (nSPS) is 17.8. The minimum absolute atomic E-state index is 0.0314. The molecule has 33 heavy (non-hydrogen) atoms. The summed E-state index contributed by atoms with van der Waals surface area (Å²) in [6, 6.07) is 4.25. The van der Waals surface area contributed by atoms with Gasteiger partial charge in [-0.2, -0.15) is 5.11 Å². The van der Waals surface area contributed by atoms with Crippen molar-refractivity contribution in [2.24, 2.45) is 10.2 Å². The van der Waals surface area contributed by atoms with Crippen LogP contribution in [0.2, 0.25) is 0 Å². The van der Waals surface area contributed by atoms with Crippen LogP contribution in [0.3, 0.4) is 0 Å². The van der Waals surface area contributed by atoms with E-state index in [0.29, 0.717) is 29.5 Å². The van der Waals surface area contributed by atoms with Gasteiger partial charge in [0, 0.05) is 30.1 Å². The van der Waals surface area contributed by atoms with E-state index in [1.54, 1.807) is 23.2 Å². The van der Waals surface area contributed by atoms with Crippen molar-refractivity contribution >= 4 is 23.2 Å². The van der Waals surface area contributed by atoms with Gasteiger partial charge in [0.15, 0.2) is 16.7 Å². The lowest BCUT2D eigenvalue weighted by Gasteiger charge is -2.32. The molecule has 1 aromatic carbocycles. The molecule has 3 aromatic rings. The van der Waals surface area contributed by atoms with Crippen molar-refractivity contribution in [2.45, 2.75) is 25.9 Å². The summed E-state index contributed by atoms with van der Waals surface area (Å²) in [5, 5.41) is 18.5. The summed E-state index contributed by atoms with van der Waals surface area (Å²) in [6.07, 6.45) is 3.54. The Labute approximate surface area is 192 Å². The third-order valence-corrected chi connectivity index (χ3v) is 6.24. The van der Waals surface area contributed by atoms with Crippen LogP contribution in [0.1, 0.15) is 34.7 Å². The molecule has 0 N–H and O–H groups in total. The van der Waals surface area contributed by atoms with Gasteiger partial charge in [-0.1, -0.05) is 12.6 Å². The molecule has 0 saturated carbocycles. The van der Waals surface area contributed by atoms with Gasteiger partial charge < -0.3 is 9.47 Å². The molecule has 11 heteroatoms. The van der Waals surface area contributed by atoms with E-state index in [0.717, 1.165) is 5.01 Å². The Hall–Kier alpha value is -3.86. The number of nitrogens with zero attached hydrogens (tertiary/aromatic N) is 7. The zero-order valence-electron chi connectivity index (χ0n) is 17.6. The van der Waals surface area contributed by atoms with Crippen molar-refractivity contribution < 1.29 is 14.0 Å². The van der Waals surface area contributed by atoms with E-state index in [9.17, 15) is 14.0 Å². The van der Waals surface area contributed by atoms with Crippen LogP contribution in [-0.4, -0.2) is 43.0 Å². The molecule has 1 atom stereocenters. The van der Waals surface area contributed by atoms with Crippen LogP contribution < -0.4 is 0 Å². The standard InChI is InChI=1S/C22H18FN7O2S/c1-12-7-15(25-28-20(12)31)8-14-3-4-17(23)16(9-14)22(32)29-10-13(2)30-18(11-29)26-27-19(30)21-24-5-6-33-21/h3-7,9,13H,1,8,10-11H2,2H3. The fraction of sp³-hybridized carbons (Fsp3) is 0.227. The monoisotopic (exact) mass is 463 g/mol. The van der Waals surface area contributed by atoms with E-state index >= 15 is 0 Å². The van der Waals surface area contributed by atoms with Gasteiger partial charge in [0.25, 0.3) is 11.8 Å². The van der Waals surface area contributed by atoms with Gasteiger partial charge >= 0.3 is 0 Å². The summed E-state index contributed by atoms with van der Waals surface area (Å²) in [7, 11) is 0. The Morgan fingerprint density at radius 3 is 2.91 bits per heavy atom. The third-order valence-electron chi connectivity index (χ3n) is 5.47. The molecule has 0 radical (unpaired) electrons. The average Bonchev–Trinajstić information content (AvgIpc) is 3.47. The lowest BCUT2D eigenvalue weighted by atomic mass is 10.0. The molecular weight excluding hydrogens is 445 g/mol. The van der Waals surface area contributed by atoms with Gasteiger partial charge in [0.2, 0.25) is 0 Å². The number of benzene rings is 1. The van der Waals surface area contributed by atoms with Gasteiger partial charge in [-0.3, -0.25) is 9.59 Å². The summed E-state index contributed by atoms with van der Waals surface area (Å²) in [5.41, 5.74) is 1.39. The first-order valence-corrected chi connectivity index (χ1v) is 11.1. The second kappa shape index (κ2) is 8.24. The van der Waals surface area contributed by atoms with Crippen LogP contribution >= 0.6 is 11.3 Å². The molecule has 0 saturated heterocycles. The van der Waals surface area contributed by atoms with E-state index in [1.165, 1.54) is 23.5 Å². The molecule has 0 fully saturated rings. The molecule has 5 rings (SSSR count). The number of fused-ring (bicyclic) bond motifs is 1. The Kier molecular flexibility index (Phi) is 5.25. The molecule has 4 heterocycles. The smallest absolute Gasteiger partial charge is 0.294 e. The predicted molar refractivity (Wildman–Crippen MR) is 118 cm³/mol. The van der Waals surface area contributed by atoms with Crippen molar-refractivity contribution in [3.63, 3.8) is 0 Å². The number of carbonyl (C=O) groups is 2. The average molecular weight is 463 g/mol. The van der Waals surface area contributed by atoms with Gasteiger partial charge in [-0.25, -0.2) is 9.37 Å². The number of rotatable bonds is 4. The lowest BCUT2D eigenvalue weighted by molar-refractivity contribution is -0.114. The maximum atomic E-state index is 14.6. The fourth-order valence-electron chi connectivity index (χ4n) is 3.94. The van der Waals surface area contributed by atoms with E-state index in [4.69, 9.17) is 0 Å². The molecule has 2 aliphatic heterocycles. The van der Waals surface area contributed by atoms with Crippen molar-refractivity contribution in [1.82, 2.24) is 24.6 Å². The number of hydrogen-bond acceptors (Lipinski definition) is 7.